The van der Waals surface area contributed by atoms with Crippen LogP contribution in [0.4, 0.5) is 4.79 Å². The molecule has 1 saturated carbocycles. The number of esters is 6. The molecule has 27 heteroatoms. The number of methoxy groups -OCH3 is 1. The molecule has 5 N–H and O–H groups in total. The molecule has 1 heterocycles. The van der Waals surface area contributed by atoms with Crippen LogP contribution < -0.4 is 26.6 Å². The molecule has 2 aliphatic rings. The van der Waals surface area contributed by atoms with E-state index in [0.29, 0.717) is 142 Å². The lowest BCUT2D eigenvalue weighted by atomic mass is 9.77. The van der Waals surface area contributed by atoms with E-state index in [2.05, 4.69) is 50.8 Å². The number of hydrogen-bond acceptors (Lipinski definition) is 22. The van der Waals surface area contributed by atoms with Gasteiger partial charge in [-0.05, 0) is 222 Å². The van der Waals surface area contributed by atoms with Crippen molar-refractivity contribution in [2.45, 2.75) is 279 Å². The number of ether oxygens (including phenoxy) is 6. The fourth-order valence-electron chi connectivity index (χ4n) is 14.0. The largest absolute Gasteiger partial charge is 0.467 e. The van der Waals surface area contributed by atoms with Gasteiger partial charge in [-0.15, -0.1) is 0 Å². The summed E-state index contributed by atoms with van der Waals surface area (Å²) in [6.07, 6.45) is 7.71. The van der Waals surface area contributed by atoms with E-state index in [-0.39, 0.29) is 93.6 Å². The number of carbonyl (C=O) groups is 12. The van der Waals surface area contributed by atoms with Crippen LogP contribution in [0.3, 0.4) is 0 Å². The Morgan fingerprint density at radius 1 is 0.440 bits per heavy atom. The van der Waals surface area contributed by atoms with Crippen LogP contribution in [0, 0.1) is 24.7 Å². The number of unbranched alkanes of at least 4 members (excludes halogenated alkanes) is 3. The molecular formula is C89H139N9O18. The van der Waals surface area contributed by atoms with Crippen LogP contribution in [0.2, 0.25) is 0 Å². The molecule has 648 valence electrons. The summed E-state index contributed by atoms with van der Waals surface area (Å²) in [6, 6.07) is 18.0. The van der Waals surface area contributed by atoms with Crippen molar-refractivity contribution in [1.29, 1.82) is 0 Å². The maximum absolute atomic E-state index is 14.6. The third-order valence-electron chi connectivity index (χ3n) is 19.8. The van der Waals surface area contributed by atoms with Crippen LogP contribution in [0.25, 0.3) is 10.8 Å². The van der Waals surface area contributed by atoms with Crippen molar-refractivity contribution in [3.63, 3.8) is 0 Å². The molecule has 3 aromatic rings. The Kier molecular flexibility index (Phi) is 40.5. The fourth-order valence-corrected chi connectivity index (χ4v) is 14.0. The Morgan fingerprint density at radius 3 is 1.42 bits per heavy atom. The first-order chi connectivity index (χ1) is 54.3. The number of amides is 5. The highest BCUT2D eigenvalue weighted by atomic mass is 16.6. The maximum atomic E-state index is 14.6. The van der Waals surface area contributed by atoms with Crippen molar-refractivity contribution in [2.75, 3.05) is 98.7 Å². The molecule has 1 aliphatic carbocycles. The first kappa shape index (κ1) is 98.2. The molecule has 0 radical (unpaired) electrons. The second-order valence-electron chi connectivity index (χ2n) is 36.4. The minimum Gasteiger partial charge on any atom is -0.467 e. The number of nitrogens with one attached hydrogen (secondary N) is 5. The van der Waals surface area contributed by atoms with Gasteiger partial charge in [0.25, 0.3) is 0 Å². The summed E-state index contributed by atoms with van der Waals surface area (Å²) in [7, 11) is 1.19. The number of rotatable bonds is 40. The molecule has 27 nitrogen and oxygen atoms in total. The molecule has 5 amide bonds. The van der Waals surface area contributed by atoms with Crippen molar-refractivity contribution in [3.05, 3.63) is 83.4 Å². The van der Waals surface area contributed by atoms with Crippen LogP contribution in [0.15, 0.2) is 66.7 Å². The number of urea groups is 1. The molecule has 0 aromatic heterocycles. The van der Waals surface area contributed by atoms with Crippen molar-refractivity contribution in [2.24, 2.45) is 17.8 Å². The minimum absolute atomic E-state index is 0.0119. The van der Waals surface area contributed by atoms with E-state index in [4.69, 9.17) is 28.4 Å². The first-order valence-corrected chi connectivity index (χ1v) is 41.9. The van der Waals surface area contributed by atoms with Crippen LogP contribution in [-0.2, 0) is 94.0 Å². The Balaban J connectivity index is 1.26. The second kappa shape index (κ2) is 47.9. The number of hydrogen-bond donors (Lipinski definition) is 5. The zero-order chi connectivity index (χ0) is 86.0. The highest BCUT2D eigenvalue weighted by Gasteiger charge is 2.35. The molecule has 2 fully saturated rings. The highest BCUT2D eigenvalue weighted by molar-refractivity contribution is 5.90. The van der Waals surface area contributed by atoms with Gasteiger partial charge in [0.05, 0.1) is 33.3 Å². The number of ketones is 2. The third-order valence-corrected chi connectivity index (χ3v) is 19.8. The summed E-state index contributed by atoms with van der Waals surface area (Å²) in [4.78, 5) is 172. The number of carbonyl (C=O) groups excluding carboxylic acids is 12. The van der Waals surface area contributed by atoms with Crippen molar-refractivity contribution in [3.8, 4) is 0 Å². The topological polar surface area (TPSA) is 333 Å². The van der Waals surface area contributed by atoms with Crippen LogP contribution in [0.1, 0.15) is 230 Å². The fraction of sp³-hybridized carbons (Fsp3) is 0.685. The minimum atomic E-state index is -1.26. The zero-order valence-corrected chi connectivity index (χ0v) is 72.8. The van der Waals surface area contributed by atoms with Gasteiger partial charge in [-0.2, -0.15) is 0 Å². The van der Waals surface area contributed by atoms with Gasteiger partial charge >= 0.3 is 41.8 Å². The van der Waals surface area contributed by atoms with Crippen LogP contribution in [-0.4, -0.2) is 236 Å². The summed E-state index contributed by atoms with van der Waals surface area (Å²) in [5.74, 6) is -5.31. The Hall–Kier alpha value is -8.40. The lowest BCUT2D eigenvalue weighted by Crippen LogP contribution is -2.52. The summed E-state index contributed by atoms with van der Waals surface area (Å²) in [5.41, 5.74) is -0.636. The van der Waals surface area contributed by atoms with E-state index < -0.39 is 99.8 Å². The normalized spacial score (nSPS) is 17.1. The molecule has 3 aromatic carbocycles. The van der Waals surface area contributed by atoms with E-state index in [1.54, 1.807) is 104 Å². The molecule has 4 atom stereocenters. The van der Waals surface area contributed by atoms with Crippen LogP contribution in [0.5, 0.6) is 0 Å². The monoisotopic (exact) mass is 1620 g/mol. The molecule has 1 saturated heterocycles. The van der Waals surface area contributed by atoms with Gasteiger partial charge in [0, 0.05) is 103 Å². The average Bonchev–Trinajstić information content (AvgIpc) is 0.830. The standard InChI is InChI=1S/C89H139N9O18/c1-62-33-35-63(36-34-62)26-25-30-70(99)29-19-18-20-31-71(92-75(101)58-95-46-48-96(59-77(103)113-86(5,6)7)50-52-98(61-79(105)115-88(11,12)13)53-51-97(49-47-95)60-78(104)114-87(8,9)10)81(107)91-57-64-37-41-67(42-38-64)74(100)56-69(55-65-39-40-66-27-21-22-28-68(66)54-65)80(106)90-45-24-23-32-72(82(108)111-17)93-84(110)94-73(83(109)116-89(14,15)16)43-44-76(102)112-85(2,3)4/h21-22,27-28,33-36,39-40,54,64,67,69,71-73H,18-20,23-26,29-32,37-38,41-53,55-61H2,1-17H3,(H,90,106)(H,91,107)(H,92,101)(H2,93,94,110). The molecule has 0 bridgehead atoms. The molecule has 1 aliphatic heterocycles. The van der Waals surface area contributed by atoms with Gasteiger partial charge in [-0.25, -0.2) is 14.4 Å². The number of Topliss-reactive ketones (excluding diaryl/α,β-unsaturated/α-hetero) is 2. The van der Waals surface area contributed by atoms with Crippen LogP contribution >= 0.6 is 0 Å². The van der Waals surface area contributed by atoms with Gasteiger partial charge in [0.15, 0.2) is 0 Å². The number of nitrogens with zero attached hydrogens (tertiary/aromatic N) is 4. The predicted octanol–water partition coefficient (Wildman–Crippen LogP) is 10.4. The van der Waals surface area contributed by atoms with E-state index in [1.165, 1.54) is 18.2 Å². The molecule has 5 rings (SSSR count). The zero-order valence-electron chi connectivity index (χ0n) is 72.8. The summed E-state index contributed by atoms with van der Waals surface area (Å²) < 4.78 is 33.2. The van der Waals surface area contributed by atoms with Gasteiger partial charge in [0.1, 0.15) is 57.7 Å². The van der Waals surface area contributed by atoms with E-state index >= 15 is 0 Å². The van der Waals surface area contributed by atoms with Crippen molar-refractivity contribution >= 4 is 81.9 Å². The van der Waals surface area contributed by atoms with E-state index in [0.717, 1.165) is 29.2 Å². The summed E-state index contributed by atoms with van der Waals surface area (Å²) >= 11 is 0. The highest BCUT2D eigenvalue weighted by Crippen LogP contribution is 2.32. The number of benzene rings is 3. The number of fused-ring (bicyclic) bond motifs is 1. The Labute approximate surface area is 689 Å². The van der Waals surface area contributed by atoms with Gasteiger partial charge in [-0.1, -0.05) is 85.1 Å². The SMILES string of the molecule is COC(=O)C(CCCCNC(=O)C(CC(=O)C1CCC(CNC(=O)C(CCCCCC(=O)CCCc2ccc(C)cc2)NC(=O)CN2CCN(CC(=O)OC(C)(C)C)CCN(CC(=O)OC(C)(C)C)CCN(CC(=O)OC(C)(C)C)CC2)CC1)Cc1ccc2ccccc2c1)NC(=O)NC(CCC(=O)OC(C)(C)C)C(=O)OC(C)(C)C. The van der Waals surface area contributed by atoms with Gasteiger partial charge in [-0.3, -0.25) is 62.8 Å². The van der Waals surface area contributed by atoms with E-state index in [1.807, 2.05) is 69.0 Å². The van der Waals surface area contributed by atoms with Gasteiger partial charge < -0.3 is 55.0 Å². The lowest BCUT2D eigenvalue weighted by molar-refractivity contribution is -0.159. The molecular weight excluding hydrogens is 1480 g/mol. The number of aryl methyl sites for hydroxylation is 2. The smallest absolute Gasteiger partial charge is 0.329 e. The predicted molar refractivity (Wildman–Crippen MR) is 446 cm³/mol. The Morgan fingerprint density at radius 2 is 0.905 bits per heavy atom. The summed E-state index contributed by atoms with van der Waals surface area (Å²) in [5, 5.41) is 16.5. The van der Waals surface area contributed by atoms with Crippen molar-refractivity contribution in [1.82, 2.24) is 46.2 Å². The first-order valence-electron chi connectivity index (χ1n) is 41.9. The molecule has 0 spiro atoms. The lowest BCUT2D eigenvalue weighted by Gasteiger charge is -2.34. The van der Waals surface area contributed by atoms with E-state index in [9.17, 15) is 57.5 Å². The quantitative estimate of drug-likeness (QED) is 0.0201. The van der Waals surface area contributed by atoms with Gasteiger partial charge in [0.2, 0.25) is 17.7 Å². The second-order valence-corrected chi connectivity index (χ2v) is 36.4. The maximum Gasteiger partial charge on any atom is 0.329 e. The summed E-state index contributed by atoms with van der Waals surface area (Å²) in [6.45, 7) is 31.3. The molecule has 4 unspecified atom stereocenters. The third kappa shape index (κ3) is 41.6. The Bertz CT molecular complexity index is 3630. The average molecular weight is 1620 g/mol. The molecule has 116 heavy (non-hydrogen) atoms. The van der Waals surface area contributed by atoms with Crippen molar-refractivity contribution < 1.29 is 86.0 Å².